The molecule has 0 aliphatic carbocycles. The Morgan fingerprint density at radius 1 is 1.17 bits per heavy atom. The number of nitrogens with one attached hydrogen (secondary N) is 1. The summed E-state index contributed by atoms with van der Waals surface area (Å²) in [5.74, 6) is 1.25. The first-order valence-electron chi connectivity index (χ1n) is 9.71. The summed E-state index contributed by atoms with van der Waals surface area (Å²) >= 11 is 0. The first-order chi connectivity index (χ1) is 14.2. The Balaban J connectivity index is 1.49. The quantitative estimate of drug-likeness (QED) is 0.694. The van der Waals surface area contributed by atoms with Gasteiger partial charge in [-0.1, -0.05) is 12.1 Å². The van der Waals surface area contributed by atoms with Gasteiger partial charge in [-0.2, -0.15) is 5.10 Å². The first kappa shape index (κ1) is 18.9. The predicted octanol–water partition coefficient (Wildman–Crippen LogP) is 3.08. The predicted molar refractivity (Wildman–Crippen MR) is 109 cm³/mol. The summed E-state index contributed by atoms with van der Waals surface area (Å²) in [5.41, 5.74) is 2.22. The number of amides is 1. The molecule has 0 bridgehead atoms. The van der Waals surface area contributed by atoms with E-state index in [1.807, 2.05) is 42.3 Å². The third kappa shape index (κ3) is 4.06. The summed E-state index contributed by atoms with van der Waals surface area (Å²) in [5, 5.41) is 7.76. The van der Waals surface area contributed by atoms with Crippen LogP contribution >= 0.6 is 0 Å². The molecule has 2 aromatic heterocycles. The second-order valence-corrected chi connectivity index (χ2v) is 7.04. The highest BCUT2D eigenvalue weighted by molar-refractivity contribution is 5.92. The van der Waals surface area contributed by atoms with Crippen LogP contribution in [-0.2, 0) is 0 Å². The van der Waals surface area contributed by atoms with E-state index in [0.29, 0.717) is 11.5 Å². The molecule has 0 radical (unpaired) electrons. The van der Waals surface area contributed by atoms with Crippen LogP contribution in [-0.4, -0.2) is 50.8 Å². The van der Waals surface area contributed by atoms with Gasteiger partial charge in [-0.25, -0.2) is 9.67 Å². The third-order valence-corrected chi connectivity index (χ3v) is 5.05. The van der Waals surface area contributed by atoms with Crippen molar-refractivity contribution in [2.45, 2.75) is 25.8 Å². The van der Waals surface area contributed by atoms with E-state index in [2.05, 4.69) is 20.4 Å². The molecule has 3 heterocycles. The van der Waals surface area contributed by atoms with Crippen molar-refractivity contribution in [3.8, 4) is 11.4 Å². The molecule has 1 aliphatic heterocycles. The van der Waals surface area contributed by atoms with Crippen LogP contribution in [0.4, 0.5) is 5.82 Å². The lowest BCUT2D eigenvalue weighted by Gasteiger charge is -2.16. The molecule has 1 amide bonds. The van der Waals surface area contributed by atoms with Crippen LogP contribution in [0.1, 0.15) is 41.9 Å². The van der Waals surface area contributed by atoms with E-state index in [-0.39, 0.29) is 11.9 Å². The Labute approximate surface area is 169 Å². The molecular weight excluding hydrogens is 368 g/mol. The number of anilines is 1. The largest absolute Gasteiger partial charge is 0.494 e. The number of methoxy groups -OCH3 is 1. The van der Waals surface area contributed by atoms with Crippen LogP contribution in [0.25, 0.3) is 5.69 Å². The van der Waals surface area contributed by atoms with E-state index in [0.717, 1.165) is 42.9 Å². The smallest absolute Gasteiger partial charge is 0.274 e. The van der Waals surface area contributed by atoms with Crippen molar-refractivity contribution in [1.29, 1.82) is 0 Å². The van der Waals surface area contributed by atoms with Crippen LogP contribution in [0, 0.1) is 0 Å². The fourth-order valence-electron chi connectivity index (χ4n) is 3.44. The van der Waals surface area contributed by atoms with Gasteiger partial charge in [0, 0.05) is 24.8 Å². The van der Waals surface area contributed by atoms with Gasteiger partial charge in [0.15, 0.2) is 0 Å². The van der Waals surface area contributed by atoms with E-state index in [1.165, 1.54) is 6.20 Å². The second kappa shape index (κ2) is 8.30. The molecule has 1 fully saturated rings. The zero-order valence-electron chi connectivity index (χ0n) is 16.6. The number of hydrogen-bond acceptors (Lipinski definition) is 6. The van der Waals surface area contributed by atoms with Crippen molar-refractivity contribution >= 4 is 11.7 Å². The number of aromatic nitrogens is 4. The highest BCUT2D eigenvalue weighted by Gasteiger charge is 2.21. The van der Waals surface area contributed by atoms with Gasteiger partial charge in [-0.3, -0.25) is 9.78 Å². The molecule has 150 valence electrons. The maximum atomic E-state index is 12.5. The monoisotopic (exact) mass is 392 g/mol. The molecule has 4 rings (SSSR count). The van der Waals surface area contributed by atoms with E-state index < -0.39 is 0 Å². The summed E-state index contributed by atoms with van der Waals surface area (Å²) in [4.78, 5) is 23.0. The number of rotatable bonds is 6. The fraction of sp³-hybridized carbons (Fsp3) is 0.333. The molecule has 29 heavy (non-hydrogen) atoms. The van der Waals surface area contributed by atoms with E-state index in [9.17, 15) is 4.79 Å². The molecule has 0 saturated carbocycles. The van der Waals surface area contributed by atoms with Gasteiger partial charge in [-0.15, -0.1) is 0 Å². The number of likely N-dealkylation sites (tertiary alicyclic amines) is 1. The van der Waals surface area contributed by atoms with Crippen molar-refractivity contribution in [2.75, 3.05) is 25.5 Å². The fourth-order valence-corrected chi connectivity index (χ4v) is 3.44. The standard InChI is InChI=1S/C21H24N6O2/c1-15(16-11-23-27(14-16)18-7-3-4-8-19(18)29-2)24-20-13-22-12-17(25-20)21(28)26-9-5-6-10-26/h3-4,7-8,11-15H,5-6,9-10H2,1-2H3,(H,24,25). The third-order valence-electron chi connectivity index (χ3n) is 5.05. The topological polar surface area (TPSA) is 85.2 Å². The maximum Gasteiger partial charge on any atom is 0.274 e. The molecule has 0 spiro atoms. The summed E-state index contributed by atoms with van der Waals surface area (Å²) in [6.07, 6.45) is 8.99. The maximum absolute atomic E-state index is 12.5. The Kier molecular flexibility index (Phi) is 5.41. The Bertz CT molecular complexity index is 996. The van der Waals surface area contributed by atoms with E-state index in [1.54, 1.807) is 24.2 Å². The van der Waals surface area contributed by atoms with Gasteiger partial charge in [0.2, 0.25) is 0 Å². The minimum Gasteiger partial charge on any atom is -0.494 e. The normalized spacial score (nSPS) is 14.6. The molecule has 1 saturated heterocycles. The first-order valence-corrected chi connectivity index (χ1v) is 9.71. The van der Waals surface area contributed by atoms with Gasteiger partial charge >= 0.3 is 0 Å². The van der Waals surface area contributed by atoms with Crippen molar-refractivity contribution < 1.29 is 9.53 Å². The molecule has 1 aromatic carbocycles. The van der Waals surface area contributed by atoms with Crippen molar-refractivity contribution in [1.82, 2.24) is 24.6 Å². The number of ether oxygens (including phenoxy) is 1. The Morgan fingerprint density at radius 2 is 1.97 bits per heavy atom. The second-order valence-electron chi connectivity index (χ2n) is 7.04. The highest BCUT2D eigenvalue weighted by atomic mass is 16.5. The van der Waals surface area contributed by atoms with Gasteiger partial charge in [0.25, 0.3) is 5.91 Å². The average Bonchev–Trinajstić information content (AvgIpc) is 3.46. The molecular formula is C21H24N6O2. The molecule has 8 heteroatoms. The summed E-state index contributed by atoms with van der Waals surface area (Å²) in [7, 11) is 1.64. The SMILES string of the molecule is COc1ccccc1-n1cc(C(C)Nc2cncc(C(=O)N3CCCC3)n2)cn1. The number of hydrogen-bond donors (Lipinski definition) is 1. The molecule has 1 atom stereocenters. The summed E-state index contributed by atoms with van der Waals surface area (Å²) in [6, 6.07) is 7.65. The average molecular weight is 392 g/mol. The van der Waals surface area contributed by atoms with Crippen molar-refractivity contribution in [2.24, 2.45) is 0 Å². The summed E-state index contributed by atoms with van der Waals surface area (Å²) in [6.45, 7) is 3.59. The van der Waals surface area contributed by atoms with Gasteiger partial charge < -0.3 is 15.0 Å². The Hall–Kier alpha value is -3.42. The minimum absolute atomic E-state index is 0.0599. The van der Waals surface area contributed by atoms with Crippen LogP contribution in [0.15, 0.2) is 49.1 Å². The number of carbonyl (C=O) groups excluding carboxylic acids is 1. The van der Waals surface area contributed by atoms with Gasteiger partial charge in [0.05, 0.1) is 31.7 Å². The van der Waals surface area contributed by atoms with Gasteiger partial charge in [0.1, 0.15) is 22.9 Å². The van der Waals surface area contributed by atoms with E-state index >= 15 is 0 Å². The lowest BCUT2D eigenvalue weighted by Crippen LogP contribution is -2.28. The van der Waals surface area contributed by atoms with Crippen LogP contribution < -0.4 is 10.1 Å². The van der Waals surface area contributed by atoms with E-state index in [4.69, 9.17) is 4.74 Å². The number of para-hydroxylation sites is 2. The Morgan fingerprint density at radius 3 is 2.76 bits per heavy atom. The van der Waals surface area contributed by atoms with Crippen molar-refractivity contribution in [3.63, 3.8) is 0 Å². The lowest BCUT2D eigenvalue weighted by atomic mass is 10.2. The molecule has 1 aliphatic rings. The van der Waals surface area contributed by atoms with Gasteiger partial charge in [-0.05, 0) is 31.9 Å². The molecule has 8 nitrogen and oxygen atoms in total. The molecule has 1 N–H and O–H groups in total. The summed E-state index contributed by atoms with van der Waals surface area (Å²) < 4.78 is 7.20. The zero-order valence-corrected chi connectivity index (χ0v) is 16.6. The highest BCUT2D eigenvalue weighted by Crippen LogP contribution is 2.24. The van der Waals surface area contributed by atoms with Crippen LogP contribution in [0.5, 0.6) is 5.75 Å². The minimum atomic E-state index is -0.0649. The number of carbonyl (C=O) groups is 1. The number of benzene rings is 1. The van der Waals surface area contributed by atoms with Crippen LogP contribution in [0.2, 0.25) is 0 Å². The number of nitrogens with zero attached hydrogens (tertiary/aromatic N) is 5. The van der Waals surface area contributed by atoms with Crippen molar-refractivity contribution in [3.05, 3.63) is 60.3 Å². The zero-order chi connectivity index (χ0) is 20.2. The molecule has 3 aromatic rings. The molecule has 1 unspecified atom stereocenters. The lowest BCUT2D eigenvalue weighted by molar-refractivity contribution is 0.0786. The van der Waals surface area contributed by atoms with Crippen LogP contribution in [0.3, 0.4) is 0 Å².